The van der Waals surface area contributed by atoms with Crippen molar-refractivity contribution in [2.45, 2.75) is 23.8 Å². The van der Waals surface area contributed by atoms with Gasteiger partial charge in [0.05, 0.1) is 4.90 Å². The van der Waals surface area contributed by atoms with Crippen LogP contribution in [-0.4, -0.2) is 31.9 Å². The fourth-order valence-electron chi connectivity index (χ4n) is 1.86. The van der Waals surface area contributed by atoms with Gasteiger partial charge < -0.3 is 5.73 Å². The van der Waals surface area contributed by atoms with Crippen molar-refractivity contribution < 1.29 is 8.42 Å². The molecule has 2 N–H and O–H groups in total. The first-order valence-corrected chi connectivity index (χ1v) is 6.85. The third-order valence-electron chi connectivity index (χ3n) is 2.88. The number of hydrogen-bond acceptors (Lipinski definition) is 3. The SMILES string of the molecule is NC1CCN(S(=O)(=O)c2ccccc2)CC1. The zero-order valence-corrected chi connectivity index (χ0v) is 9.86. The summed E-state index contributed by atoms with van der Waals surface area (Å²) in [6, 6.07) is 8.69. The Kier molecular flexibility index (Phi) is 3.28. The number of piperidine rings is 1. The van der Waals surface area contributed by atoms with Crippen LogP contribution in [0.2, 0.25) is 0 Å². The zero-order valence-electron chi connectivity index (χ0n) is 9.04. The Hall–Kier alpha value is -0.910. The average molecular weight is 240 g/mol. The van der Waals surface area contributed by atoms with E-state index in [1.54, 1.807) is 24.3 Å². The summed E-state index contributed by atoms with van der Waals surface area (Å²) >= 11 is 0. The van der Waals surface area contributed by atoms with Gasteiger partial charge in [-0.2, -0.15) is 4.31 Å². The van der Waals surface area contributed by atoms with Gasteiger partial charge in [-0.25, -0.2) is 8.42 Å². The molecular formula is C11H16N2O2S. The molecule has 2 rings (SSSR count). The quantitative estimate of drug-likeness (QED) is 0.831. The molecule has 4 nitrogen and oxygen atoms in total. The number of rotatable bonds is 2. The van der Waals surface area contributed by atoms with Gasteiger partial charge in [0.2, 0.25) is 10.0 Å². The molecule has 1 heterocycles. The molecule has 0 atom stereocenters. The van der Waals surface area contributed by atoms with Crippen molar-refractivity contribution in [2.75, 3.05) is 13.1 Å². The molecule has 1 saturated heterocycles. The van der Waals surface area contributed by atoms with Gasteiger partial charge in [0, 0.05) is 19.1 Å². The minimum Gasteiger partial charge on any atom is -0.328 e. The Balaban J connectivity index is 2.20. The summed E-state index contributed by atoms with van der Waals surface area (Å²) in [6.07, 6.45) is 1.48. The van der Waals surface area contributed by atoms with Crippen LogP contribution in [0.1, 0.15) is 12.8 Å². The average Bonchev–Trinajstić information content (AvgIpc) is 2.31. The third kappa shape index (κ3) is 2.26. The fraction of sp³-hybridized carbons (Fsp3) is 0.455. The lowest BCUT2D eigenvalue weighted by molar-refractivity contribution is 0.320. The van der Waals surface area contributed by atoms with Crippen molar-refractivity contribution in [1.82, 2.24) is 4.31 Å². The summed E-state index contributed by atoms with van der Waals surface area (Å²) in [4.78, 5) is 0.366. The van der Waals surface area contributed by atoms with Crippen LogP contribution in [0.15, 0.2) is 35.2 Å². The number of hydrogen-bond donors (Lipinski definition) is 1. The van der Waals surface area contributed by atoms with Crippen LogP contribution in [0.3, 0.4) is 0 Å². The maximum Gasteiger partial charge on any atom is 0.243 e. The molecule has 16 heavy (non-hydrogen) atoms. The Bertz CT molecular complexity index is 436. The predicted octanol–water partition coefficient (Wildman–Crippen LogP) is 0.798. The highest BCUT2D eigenvalue weighted by molar-refractivity contribution is 7.89. The second-order valence-electron chi connectivity index (χ2n) is 4.05. The molecule has 0 aromatic heterocycles. The number of nitrogens with zero attached hydrogens (tertiary/aromatic N) is 1. The molecular weight excluding hydrogens is 224 g/mol. The largest absolute Gasteiger partial charge is 0.328 e. The minimum absolute atomic E-state index is 0.141. The Labute approximate surface area is 96.1 Å². The first kappa shape index (κ1) is 11.6. The Morgan fingerprint density at radius 3 is 2.25 bits per heavy atom. The van der Waals surface area contributed by atoms with Gasteiger partial charge >= 0.3 is 0 Å². The van der Waals surface area contributed by atoms with Crippen LogP contribution in [0.5, 0.6) is 0 Å². The molecule has 1 aliphatic heterocycles. The van der Waals surface area contributed by atoms with E-state index in [1.807, 2.05) is 6.07 Å². The molecule has 0 unspecified atom stereocenters. The molecule has 0 bridgehead atoms. The molecule has 0 spiro atoms. The van der Waals surface area contributed by atoms with E-state index in [4.69, 9.17) is 5.73 Å². The first-order valence-electron chi connectivity index (χ1n) is 5.41. The van der Waals surface area contributed by atoms with Crippen LogP contribution in [-0.2, 0) is 10.0 Å². The topological polar surface area (TPSA) is 63.4 Å². The summed E-state index contributed by atoms with van der Waals surface area (Å²) in [6.45, 7) is 1.05. The normalized spacial score (nSPS) is 19.8. The summed E-state index contributed by atoms with van der Waals surface area (Å²) in [7, 11) is -3.31. The zero-order chi connectivity index (χ0) is 11.6. The molecule has 0 amide bonds. The maximum absolute atomic E-state index is 12.2. The van der Waals surface area contributed by atoms with E-state index in [2.05, 4.69) is 0 Å². The van der Waals surface area contributed by atoms with Crippen molar-refractivity contribution in [3.05, 3.63) is 30.3 Å². The Morgan fingerprint density at radius 2 is 1.69 bits per heavy atom. The smallest absolute Gasteiger partial charge is 0.243 e. The van der Waals surface area contributed by atoms with E-state index >= 15 is 0 Å². The summed E-state index contributed by atoms with van der Waals surface area (Å²) < 4.78 is 25.9. The number of sulfonamides is 1. The van der Waals surface area contributed by atoms with Crippen molar-refractivity contribution in [2.24, 2.45) is 5.73 Å². The molecule has 1 aliphatic rings. The molecule has 1 aromatic rings. The molecule has 0 aliphatic carbocycles. The van der Waals surface area contributed by atoms with Gasteiger partial charge in [-0.05, 0) is 25.0 Å². The lowest BCUT2D eigenvalue weighted by Gasteiger charge is -2.29. The molecule has 0 saturated carbocycles. The second-order valence-corrected chi connectivity index (χ2v) is 5.99. The monoisotopic (exact) mass is 240 g/mol. The molecule has 88 valence electrons. The van der Waals surface area contributed by atoms with Crippen LogP contribution >= 0.6 is 0 Å². The lowest BCUT2D eigenvalue weighted by Crippen LogP contribution is -2.42. The maximum atomic E-state index is 12.2. The van der Waals surface area contributed by atoms with Crippen molar-refractivity contribution in [3.63, 3.8) is 0 Å². The van der Waals surface area contributed by atoms with E-state index in [0.717, 1.165) is 12.8 Å². The highest BCUT2D eigenvalue weighted by Gasteiger charge is 2.27. The van der Waals surface area contributed by atoms with E-state index in [0.29, 0.717) is 18.0 Å². The molecule has 0 radical (unpaired) electrons. The molecule has 1 fully saturated rings. The van der Waals surface area contributed by atoms with Crippen LogP contribution in [0.25, 0.3) is 0 Å². The van der Waals surface area contributed by atoms with Gasteiger partial charge in [0.25, 0.3) is 0 Å². The van der Waals surface area contributed by atoms with Crippen LogP contribution in [0, 0.1) is 0 Å². The molecule has 5 heteroatoms. The van der Waals surface area contributed by atoms with Gasteiger partial charge in [-0.3, -0.25) is 0 Å². The van der Waals surface area contributed by atoms with Gasteiger partial charge in [0.15, 0.2) is 0 Å². The highest BCUT2D eigenvalue weighted by atomic mass is 32.2. The predicted molar refractivity (Wildman–Crippen MR) is 62.4 cm³/mol. The van der Waals surface area contributed by atoms with E-state index < -0.39 is 10.0 Å². The summed E-state index contributed by atoms with van der Waals surface area (Å²) in [5.74, 6) is 0. The van der Waals surface area contributed by atoms with Crippen LogP contribution in [0.4, 0.5) is 0 Å². The highest BCUT2D eigenvalue weighted by Crippen LogP contribution is 2.19. The van der Waals surface area contributed by atoms with E-state index in [-0.39, 0.29) is 6.04 Å². The number of benzene rings is 1. The van der Waals surface area contributed by atoms with E-state index in [9.17, 15) is 8.42 Å². The van der Waals surface area contributed by atoms with Gasteiger partial charge in [0.1, 0.15) is 0 Å². The van der Waals surface area contributed by atoms with Crippen molar-refractivity contribution >= 4 is 10.0 Å². The summed E-state index contributed by atoms with van der Waals surface area (Å²) in [5.41, 5.74) is 5.76. The van der Waals surface area contributed by atoms with E-state index in [1.165, 1.54) is 4.31 Å². The Morgan fingerprint density at radius 1 is 1.12 bits per heavy atom. The molecule has 1 aromatic carbocycles. The van der Waals surface area contributed by atoms with Crippen molar-refractivity contribution in [3.8, 4) is 0 Å². The van der Waals surface area contributed by atoms with Crippen molar-refractivity contribution in [1.29, 1.82) is 0 Å². The van der Waals surface area contributed by atoms with Gasteiger partial charge in [-0.15, -0.1) is 0 Å². The lowest BCUT2D eigenvalue weighted by atomic mass is 10.1. The second kappa shape index (κ2) is 4.53. The standard InChI is InChI=1S/C11H16N2O2S/c12-10-6-8-13(9-7-10)16(14,15)11-4-2-1-3-5-11/h1-5,10H,6-9,12H2. The van der Waals surface area contributed by atoms with Gasteiger partial charge in [-0.1, -0.05) is 18.2 Å². The van der Waals surface area contributed by atoms with Crippen LogP contribution < -0.4 is 5.73 Å². The third-order valence-corrected chi connectivity index (χ3v) is 4.79. The fourth-order valence-corrected chi connectivity index (χ4v) is 3.35. The first-order chi connectivity index (χ1) is 7.60. The minimum atomic E-state index is -3.31. The number of nitrogens with two attached hydrogens (primary N) is 1. The summed E-state index contributed by atoms with van der Waals surface area (Å²) in [5, 5.41) is 0.